The maximum Gasteiger partial charge on any atom is 0.306 e. The SMILES string of the molecule is CC\C=C/C=C\C=C/C=C\C=C\C=C/CCCCCC(=O)OCC(COC(=O)CCCCCCCCCCC)OC(=O)CCCCCCCCC/C=C\CCCCCC. The molecule has 6 heteroatoms. The van der Waals surface area contributed by atoms with Crippen molar-refractivity contribution in [2.75, 3.05) is 13.2 Å². The van der Waals surface area contributed by atoms with E-state index in [9.17, 15) is 14.4 Å². The Hall–Kier alpha value is -3.41. The van der Waals surface area contributed by atoms with Gasteiger partial charge in [-0.2, -0.15) is 0 Å². The molecule has 0 saturated carbocycles. The van der Waals surface area contributed by atoms with Crippen LogP contribution in [0.5, 0.6) is 0 Å². The molecule has 0 saturated heterocycles. The minimum Gasteiger partial charge on any atom is -0.462 e. The molecular weight excluding hydrogens is 733 g/mol. The van der Waals surface area contributed by atoms with Crippen LogP contribution in [0, 0.1) is 0 Å². The van der Waals surface area contributed by atoms with Gasteiger partial charge in [-0.3, -0.25) is 14.4 Å². The van der Waals surface area contributed by atoms with Gasteiger partial charge in [-0.15, -0.1) is 0 Å². The quantitative estimate of drug-likeness (QED) is 0.0201. The largest absolute Gasteiger partial charge is 0.462 e. The second kappa shape index (κ2) is 47.3. The number of carbonyl (C=O) groups excluding carboxylic acids is 3. The molecule has 0 bridgehead atoms. The normalized spacial score (nSPS) is 12.8. The van der Waals surface area contributed by atoms with Crippen LogP contribution in [-0.2, 0) is 28.6 Å². The number of rotatable bonds is 42. The van der Waals surface area contributed by atoms with Crippen molar-refractivity contribution in [3.05, 3.63) is 85.1 Å². The van der Waals surface area contributed by atoms with Crippen LogP contribution in [0.1, 0.15) is 213 Å². The van der Waals surface area contributed by atoms with Gasteiger partial charge < -0.3 is 14.2 Å². The molecule has 0 N–H and O–H groups in total. The minimum absolute atomic E-state index is 0.0924. The van der Waals surface area contributed by atoms with Crippen molar-refractivity contribution in [3.8, 4) is 0 Å². The van der Waals surface area contributed by atoms with E-state index in [1.165, 1.54) is 103 Å². The third kappa shape index (κ3) is 45.5. The zero-order valence-electron chi connectivity index (χ0n) is 38.2. The summed E-state index contributed by atoms with van der Waals surface area (Å²) in [7, 11) is 0. The molecule has 0 heterocycles. The predicted molar refractivity (Wildman–Crippen MR) is 251 cm³/mol. The van der Waals surface area contributed by atoms with E-state index in [0.717, 1.165) is 70.6 Å². The molecule has 0 aliphatic heterocycles. The van der Waals surface area contributed by atoms with E-state index in [-0.39, 0.29) is 31.1 Å². The first-order valence-electron chi connectivity index (χ1n) is 24.2. The van der Waals surface area contributed by atoms with Crippen LogP contribution in [0.25, 0.3) is 0 Å². The molecule has 336 valence electrons. The topological polar surface area (TPSA) is 78.9 Å². The van der Waals surface area contributed by atoms with Crippen LogP contribution in [0.4, 0.5) is 0 Å². The molecule has 0 fully saturated rings. The Balaban J connectivity index is 4.46. The molecule has 0 aliphatic carbocycles. The molecular formula is C53H88O6. The van der Waals surface area contributed by atoms with Crippen molar-refractivity contribution < 1.29 is 28.6 Å². The van der Waals surface area contributed by atoms with E-state index < -0.39 is 6.10 Å². The zero-order chi connectivity index (χ0) is 43.0. The Morgan fingerprint density at radius 1 is 0.356 bits per heavy atom. The van der Waals surface area contributed by atoms with Crippen molar-refractivity contribution in [1.82, 2.24) is 0 Å². The fraction of sp³-hybridized carbons (Fsp3) is 0.679. The fourth-order valence-corrected chi connectivity index (χ4v) is 6.41. The Bertz CT molecular complexity index is 1170. The summed E-state index contributed by atoms with van der Waals surface area (Å²) in [5.74, 6) is -0.949. The van der Waals surface area contributed by atoms with Crippen LogP contribution in [0.3, 0.4) is 0 Å². The molecule has 0 aromatic rings. The summed E-state index contributed by atoms with van der Waals surface area (Å²) in [6, 6.07) is 0. The van der Waals surface area contributed by atoms with Gasteiger partial charge in [0.25, 0.3) is 0 Å². The van der Waals surface area contributed by atoms with Gasteiger partial charge in [-0.1, -0.05) is 215 Å². The maximum absolute atomic E-state index is 12.7. The molecule has 6 nitrogen and oxygen atoms in total. The van der Waals surface area contributed by atoms with Gasteiger partial charge >= 0.3 is 17.9 Å². The van der Waals surface area contributed by atoms with E-state index in [2.05, 4.69) is 45.1 Å². The Kier molecular flexibility index (Phi) is 44.5. The number of hydrogen-bond donors (Lipinski definition) is 0. The first-order valence-corrected chi connectivity index (χ1v) is 24.2. The van der Waals surface area contributed by atoms with Gasteiger partial charge in [-0.05, 0) is 64.2 Å². The molecule has 0 amide bonds. The van der Waals surface area contributed by atoms with Crippen molar-refractivity contribution in [1.29, 1.82) is 0 Å². The first kappa shape index (κ1) is 55.6. The van der Waals surface area contributed by atoms with Crippen LogP contribution in [0.15, 0.2) is 85.1 Å². The van der Waals surface area contributed by atoms with Crippen LogP contribution < -0.4 is 0 Å². The van der Waals surface area contributed by atoms with Crippen molar-refractivity contribution >= 4 is 17.9 Å². The highest BCUT2D eigenvalue weighted by Gasteiger charge is 2.19. The number of carbonyl (C=O) groups is 3. The van der Waals surface area contributed by atoms with Gasteiger partial charge in [0.15, 0.2) is 6.10 Å². The Morgan fingerprint density at radius 2 is 0.678 bits per heavy atom. The monoisotopic (exact) mass is 821 g/mol. The molecule has 59 heavy (non-hydrogen) atoms. The number of allylic oxidation sites excluding steroid dienone is 14. The number of unbranched alkanes of at least 4 members (excludes halogenated alkanes) is 22. The standard InChI is InChI=1S/C53H88O6/c1-4-7-10-13-16-19-21-23-25-26-28-29-31-34-37-40-43-46-52(55)58-49-50(48-57-51(54)45-42-39-36-33-18-15-12-9-6-3)59-53(56)47-44-41-38-35-32-30-27-24-22-20-17-14-11-8-5-2/h7,10,13,16,19-23,25-26,28-29,31,50H,4-6,8-9,11-12,14-15,17-18,24,27,30,32-49H2,1-3H3/b10-7-,16-13-,21-19-,22-20-,25-23-,28-26+,31-29-. The zero-order valence-corrected chi connectivity index (χ0v) is 38.2. The van der Waals surface area contributed by atoms with Gasteiger partial charge in [0, 0.05) is 19.3 Å². The molecule has 0 rings (SSSR count). The van der Waals surface area contributed by atoms with E-state index >= 15 is 0 Å². The highest BCUT2D eigenvalue weighted by atomic mass is 16.6. The third-order valence-corrected chi connectivity index (χ3v) is 10.0. The molecule has 1 atom stereocenters. The van der Waals surface area contributed by atoms with Crippen molar-refractivity contribution in [3.63, 3.8) is 0 Å². The van der Waals surface area contributed by atoms with E-state index in [1.807, 2.05) is 60.8 Å². The average molecular weight is 821 g/mol. The second-order valence-corrected chi connectivity index (χ2v) is 15.8. The molecule has 0 aliphatic rings. The summed E-state index contributed by atoms with van der Waals surface area (Å²) in [5.41, 5.74) is 0. The summed E-state index contributed by atoms with van der Waals surface area (Å²) in [4.78, 5) is 37.8. The van der Waals surface area contributed by atoms with Crippen molar-refractivity contribution in [2.24, 2.45) is 0 Å². The predicted octanol–water partition coefficient (Wildman–Crippen LogP) is 15.6. The molecule has 0 spiro atoms. The Labute approximate surface area is 363 Å². The van der Waals surface area contributed by atoms with Gasteiger partial charge in [0.05, 0.1) is 0 Å². The van der Waals surface area contributed by atoms with Crippen LogP contribution in [-0.4, -0.2) is 37.2 Å². The number of esters is 3. The summed E-state index contributed by atoms with van der Waals surface area (Å²) < 4.78 is 16.7. The molecule has 0 radical (unpaired) electrons. The number of ether oxygens (including phenoxy) is 3. The third-order valence-electron chi connectivity index (χ3n) is 10.0. The number of hydrogen-bond acceptors (Lipinski definition) is 6. The first-order chi connectivity index (χ1) is 29.0. The second-order valence-electron chi connectivity index (χ2n) is 15.8. The van der Waals surface area contributed by atoms with E-state index in [0.29, 0.717) is 19.3 Å². The Morgan fingerprint density at radius 3 is 1.12 bits per heavy atom. The van der Waals surface area contributed by atoms with E-state index in [4.69, 9.17) is 14.2 Å². The highest BCUT2D eigenvalue weighted by Crippen LogP contribution is 2.14. The lowest BCUT2D eigenvalue weighted by molar-refractivity contribution is -0.167. The molecule has 0 aromatic heterocycles. The minimum atomic E-state index is -0.794. The highest BCUT2D eigenvalue weighted by molar-refractivity contribution is 5.71. The summed E-state index contributed by atoms with van der Waals surface area (Å²) in [6.07, 6.45) is 59.9. The van der Waals surface area contributed by atoms with Crippen molar-refractivity contribution in [2.45, 2.75) is 219 Å². The lowest BCUT2D eigenvalue weighted by Crippen LogP contribution is -2.30. The summed E-state index contributed by atoms with van der Waals surface area (Å²) in [5, 5.41) is 0. The van der Waals surface area contributed by atoms with Crippen LogP contribution in [0.2, 0.25) is 0 Å². The smallest absolute Gasteiger partial charge is 0.306 e. The fourth-order valence-electron chi connectivity index (χ4n) is 6.41. The molecule has 1 unspecified atom stereocenters. The van der Waals surface area contributed by atoms with Crippen LogP contribution >= 0.6 is 0 Å². The van der Waals surface area contributed by atoms with Gasteiger partial charge in [0.2, 0.25) is 0 Å². The lowest BCUT2D eigenvalue weighted by atomic mass is 10.1. The lowest BCUT2D eigenvalue weighted by Gasteiger charge is -2.18. The van der Waals surface area contributed by atoms with Gasteiger partial charge in [0.1, 0.15) is 13.2 Å². The van der Waals surface area contributed by atoms with Gasteiger partial charge in [-0.25, -0.2) is 0 Å². The maximum atomic E-state index is 12.7. The average Bonchev–Trinajstić information content (AvgIpc) is 3.23. The summed E-state index contributed by atoms with van der Waals surface area (Å²) in [6.45, 7) is 6.41. The van der Waals surface area contributed by atoms with E-state index in [1.54, 1.807) is 0 Å². The summed E-state index contributed by atoms with van der Waals surface area (Å²) >= 11 is 0. The molecule has 0 aromatic carbocycles.